The highest BCUT2D eigenvalue weighted by atomic mass is 15.3. The van der Waals surface area contributed by atoms with Crippen LogP contribution in [0, 0.1) is 11.3 Å². The smallest absolute Gasteiger partial charge is 0.226 e. The van der Waals surface area contributed by atoms with Crippen LogP contribution in [-0.2, 0) is 5.41 Å². The molecule has 1 aliphatic heterocycles. The number of rotatable bonds is 2. The fraction of sp³-hybridized carbons (Fsp3) is 0.450. The van der Waals surface area contributed by atoms with Gasteiger partial charge in [-0.3, -0.25) is 0 Å². The number of fused-ring (bicyclic) bond motifs is 1. The van der Waals surface area contributed by atoms with Crippen molar-refractivity contribution >= 4 is 17.4 Å². The van der Waals surface area contributed by atoms with Crippen molar-refractivity contribution in [2.24, 2.45) is 0 Å². The molecule has 8 heteroatoms. The van der Waals surface area contributed by atoms with Crippen LogP contribution in [0.15, 0.2) is 30.6 Å². The summed E-state index contributed by atoms with van der Waals surface area (Å²) in [6.07, 6.45) is 4.63. The first-order valence-corrected chi connectivity index (χ1v) is 9.54. The highest BCUT2D eigenvalue weighted by Crippen LogP contribution is 2.22. The Morgan fingerprint density at radius 3 is 2.57 bits per heavy atom. The molecule has 4 heterocycles. The predicted octanol–water partition coefficient (Wildman–Crippen LogP) is 2.41. The Balaban J connectivity index is 1.53. The first-order valence-electron chi connectivity index (χ1n) is 9.54. The van der Waals surface area contributed by atoms with E-state index in [1.807, 2.05) is 22.8 Å². The van der Waals surface area contributed by atoms with Gasteiger partial charge in [0.05, 0.1) is 11.9 Å². The lowest BCUT2D eigenvalue weighted by molar-refractivity contribution is 0.572. The summed E-state index contributed by atoms with van der Waals surface area (Å²) in [6.45, 7) is 9.83. The molecule has 0 radical (unpaired) electrons. The summed E-state index contributed by atoms with van der Waals surface area (Å²) < 4.78 is 1.87. The fourth-order valence-electron chi connectivity index (χ4n) is 3.31. The normalized spacial score (nSPS) is 15.5. The van der Waals surface area contributed by atoms with Crippen molar-refractivity contribution in [1.82, 2.24) is 24.6 Å². The van der Waals surface area contributed by atoms with Gasteiger partial charge in [0.1, 0.15) is 17.6 Å². The molecule has 1 fully saturated rings. The highest BCUT2D eigenvalue weighted by Gasteiger charge is 2.21. The van der Waals surface area contributed by atoms with Gasteiger partial charge in [-0.1, -0.05) is 20.8 Å². The van der Waals surface area contributed by atoms with Crippen LogP contribution in [0.2, 0.25) is 0 Å². The first-order chi connectivity index (χ1) is 13.4. The SMILES string of the molecule is CC(C)(C)c1cn2nc(N3CCCN(c4nccc(C#N)n4)CC3)ccc2n1. The van der Waals surface area contributed by atoms with Crippen LogP contribution in [0.5, 0.6) is 0 Å². The third-order valence-electron chi connectivity index (χ3n) is 4.93. The molecule has 1 saturated heterocycles. The van der Waals surface area contributed by atoms with Crippen LogP contribution in [-0.4, -0.2) is 50.7 Å². The average molecular weight is 376 g/mol. The quantitative estimate of drug-likeness (QED) is 0.679. The molecule has 4 rings (SSSR count). The molecule has 0 amide bonds. The monoisotopic (exact) mass is 376 g/mol. The molecule has 3 aromatic heterocycles. The second kappa shape index (κ2) is 7.08. The van der Waals surface area contributed by atoms with E-state index in [0.29, 0.717) is 11.6 Å². The summed E-state index contributed by atoms with van der Waals surface area (Å²) in [5, 5.41) is 13.8. The first kappa shape index (κ1) is 18.2. The zero-order valence-corrected chi connectivity index (χ0v) is 16.5. The largest absolute Gasteiger partial charge is 0.353 e. The molecule has 0 spiro atoms. The molecular formula is C20H24N8. The number of hydrogen-bond acceptors (Lipinski definition) is 7. The number of aromatic nitrogens is 5. The Kier molecular flexibility index (Phi) is 4.59. The summed E-state index contributed by atoms with van der Waals surface area (Å²) in [4.78, 5) is 17.8. The van der Waals surface area contributed by atoms with E-state index < -0.39 is 0 Å². The van der Waals surface area contributed by atoms with Gasteiger partial charge in [-0.05, 0) is 24.6 Å². The molecule has 0 atom stereocenters. The van der Waals surface area contributed by atoms with Gasteiger partial charge in [-0.25, -0.2) is 19.5 Å². The summed E-state index contributed by atoms with van der Waals surface area (Å²) in [7, 11) is 0. The number of hydrogen-bond donors (Lipinski definition) is 0. The maximum Gasteiger partial charge on any atom is 0.226 e. The van der Waals surface area contributed by atoms with Gasteiger partial charge in [-0.2, -0.15) is 5.26 Å². The molecule has 8 nitrogen and oxygen atoms in total. The molecule has 3 aromatic rings. The molecule has 1 aliphatic rings. The summed E-state index contributed by atoms with van der Waals surface area (Å²) in [5.41, 5.74) is 2.29. The number of nitrogens with zero attached hydrogens (tertiary/aromatic N) is 8. The summed E-state index contributed by atoms with van der Waals surface area (Å²) in [6, 6.07) is 7.77. The summed E-state index contributed by atoms with van der Waals surface area (Å²) in [5.74, 6) is 1.56. The van der Waals surface area contributed by atoms with E-state index in [0.717, 1.165) is 49.8 Å². The highest BCUT2D eigenvalue weighted by molar-refractivity contribution is 5.48. The van der Waals surface area contributed by atoms with Gasteiger partial charge < -0.3 is 9.80 Å². The van der Waals surface area contributed by atoms with E-state index in [4.69, 9.17) is 10.4 Å². The standard InChI is InChI=1S/C20H24N8/c1-20(2,3)16-14-28-17(24-16)5-6-18(25-28)26-9-4-10-27(12-11-26)19-22-8-7-15(13-21)23-19/h5-8,14H,4,9-12H2,1-3H3. The van der Waals surface area contributed by atoms with Crippen molar-refractivity contribution in [2.45, 2.75) is 32.6 Å². The molecule has 0 aliphatic carbocycles. The Bertz CT molecular complexity index is 1030. The van der Waals surface area contributed by atoms with Crippen LogP contribution in [0.4, 0.5) is 11.8 Å². The topological polar surface area (TPSA) is 86.2 Å². The molecule has 28 heavy (non-hydrogen) atoms. The van der Waals surface area contributed by atoms with Crippen molar-refractivity contribution < 1.29 is 0 Å². The molecule has 0 unspecified atom stereocenters. The van der Waals surface area contributed by atoms with E-state index in [-0.39, 0.29) is 5.41 Å². The Morgan fingerprint density at radius 2 is 1.79 bits per heavy atom. The molecule has 144 valence electrons. The second-order valence-corrected chi connectivity index (χ2v) is 8.05. The van der Waals surface area contributed by atoms with Crippen LogP contribution in [0.1, 0.15) is 38.6 Å². The van der Waals surface area contributed by atoms with Crippen molar-refractivity contribution in [1.29, 1.82) is 5.26 Å². The fourth-order valence-corrected chi connectivity index (χ4v) is 3.31. The van der Waals surface area contributed by atoms with E-state index in [2.05, 4.69) is 51.6 Å². The Morgan fingerprint density at radius 1 is 1.00 bits per heavy atom. The Hall–Kier alpha value is -3.21. The van der Waals surface area contributed by atoms with Crippen molar-refractivity contribution in [3.8, 4) is 6.07 Å². The van der Waals surface area contributed by atoms with Crippen LogP contribution in [0.25, 0.3) is 5.65 Å². The van der Waals surface area contributed by atoms with Gasteiger partial charge in [-0.15, -0.1) is 5.10 Å². The lowest BCUT2D eigenvalue weighted by Gasteiger charge is -2.22. The maximum atomic E-state index is 9.06. The predicted molar refractivity (Wildman–Crippen MR) is 107 cm³/mol. The van der Waals surface area contributed by atoms with Gasteiger partial charge in [0.15, 0.2) is 5.65 Å². The van der Waals surface area contributed by atoms with E-state index in [1.165, 1.54) is 0 Å². The minimum atomic E-state index is -0.00503. The zero-order chi connectivity index (χ0) is 19.7. The molecule has 0 saturated carbocycles. The van der Waals surface area contributed by atoms with Gasteiger partial charge in [0.2, 0.25) is 5.95 Å². The van der Waals surface area contributed by atoms with Crippen LogP contribution >= 0.6 is 0 Å². The van der Waals surface area contributed by atoms with Crippen LogP contribution in [0.3, 0.4) is 0 Å². The second-order valence-electron chi connectivity index (χ2n) is 8.05. The average Bonchev–Trinajstić information content (AvgIpc) is 2.97. The third-order valence-corrected chi connectivity index (χ3v) is 4.93. The lowest BCUT2D eigenvalue weighted by atomic mass is 9.93. The number of nitriles is 1. The summed E-state index contributed by atoms with van der Waals surface area (Å²) >= 11 is 0. The minimum absolute atomic E-state index is 0.00503. The maximum absolute atomic E-state index is 9.06. The van der Waals surface area contributed by atoms with Crippen molar-refractivity contribution in [3.05, 3.63) is 42.0 Å². The van der Waals surface area contributed by atoms with Gasteiger partial charge in [0.25, 0.3) is 0 Å². The molecule has 0 aromatic carbocycles. The molecular weight excluding hydrogens is 352 g/mol. The minimum Gasteiger partial charge on any atom is -0.353 e. The molecule has 0 bridgehead atoms. The molecule has 0 N–H and O–H groups in total. The van der Waals surface area contributed by atoms with Crippen molar-refractivity contribution in [2.75, 3.05) is 36.0 Å². The third kappa shape index (κ3) is 3.60. The van der Waals surface area contributed by atoms with Gasteiger partial charge in [0, 0.05) is 37.8 Å². The van der Waals surface area contributed by atoms with Crippen molar-refractivity contribution in [3.63, 3.8) is 0 Å². The number of anilines is 2. The van der Waals surface area contributed by atoms with E-state index in [1.54, 1.807) is 12.3 Å². The van der Waals surface area contributed by atoms with Crippen LogP contribution < -0.4 is 9.80 Å². The number of imidazole rings is 1. The van der Waals surface area contributed by atoms with Gasteiger partial charge >= 0.3 is 0 Å². The van der Waals surface area contributed by atoms with E-state index in [9.17, 15) is 0 Å². The zero-order valence-electron chi connectivity index (χ0n) is 16.5. The van der Waals surface area contributed by atoms with E-state index >= 15 is 0 Å². The lowest BCUT2D eigenvalue weighted by Crippen LogP contribution is -2.32. The Labute approximate surface area is 164 Å².